The Hall–Kier alpha value is -3.94. The molecule has 1 N–H and O–H groups in total. The summed E-state index contributed by atoms with van der Waals surface area (Å²) in [5, 5.41) is 2.57. The molecule has 1 fully saturated rings. The topological polar surface area (TPSA) is 82.9 Å². The summed E-state index contributed by atoms with van der Waals surface area (Å²) >= 11 is 0. The van der Waals surface area contributed by atoms with E-state index in [0.29, 0.717) is 11.3 Å². The van der Waals surface area contributed by atoms with Crippen molar-refractivity contribution in [1.29, 1.82) is 0 Å². The molecule has 33 heavy (non-hydrogen) atoms. The first kappa shape index (κ1) is 22.3. The Bertz CT molecular complexity index is 1140. The van der Waals surface area contributed by atoms with E-state index < -0.39 is 11.7 Å². The molecule has 1 aliphatic heterocycles. The summed E-state index contributed by atoms with van der Waals surface area (Å²) in [6.07, 6.45) is 1.55. The standard InChI is InChI=1S/C25H24FN3O4/c1-27-24(31)18-10-8-17(9-11-18)14-28(16-20-5-4-12-33-20)25(32)19-13-23(30)29(15-19)22-7-3-2-6-21(22)26/h2-12,19H,13-16H2,1H3,(H,27,31). The first-order chi connectivity index (χ1) is 16.0. The van der Waals surface area contributed by atoms with E-state index >= 15 is 0 Å². The van der Waals surface area contributed by atoms with Gasteiger partial charge in [-0.2, -0.15) is 0 Å². The van der Waals surface area contributed by atoms with Gasteiger partial charge in [-0.25, -0.2) is 4.39 Å². The lowest BCUT2D eigenvalue weighted by Crippen LogP contribution is -2.36. The molecule has 0 bridgehead atoms. The number of halogens is 1. The van der Waals surface area contributed by atoms with Gasteiger partial charge in [0.05, 0.1) is 24.4 Å². The fourth-order valence-electron chi connectivity index (χ4n) is 3.96. The number of anilines is 1. The molecule has 1 aliphatic rings. The number of para-hydroxylation sites is 1. The molecule has 1 atom stereocenters. The number of furan rings is 1. The summed E-state index contributed by atoms with van der Waals surface area (Å²) in [5.41, 5.74) is 1.53. The maximum absolute atomic E-state index is 14.2. The van der Waals surface area contributed by atoms with Gasteiger partial charge >= 0.3 is 0 Å². The second kappa shape index (κ2) is 9.68. The van der Waals surface area contributed by atoms with E-state index in [9.17, 15) is 18.8 Å². The Morgan fingerprint density at radius 3 is 2.52 bits per heavy atom. The molecule has 0 radical (unpaired) electrons. The molecule has 7 nitrogen and oxygen atoms in total. The molecule has 1 unspecified atom stereocenters. The number of carbonyl (C=O) groups excluding carboxylic acids is 3. The zero-order valence-electron chi connectivity index (χ0n) is 18.2. The molecular weight excluding hydrogens is 425 g/mol. The lowest BCUT2D eigenvalue weighted by atomic mass is 10.1. The van der Waals surface area contributed by atoms with Crippen LogP contribution < -0.4 is 10.2 Å². The van der Waals surface area contributed by atoms with Gasteiger partial charge in [0, 0.05) is 32.1 Å². The molecule has 0 aliphatic carbocycles. The van der Waals surface area contributed by atoms with Gasteiger partial charge in [-0.15, -0.1) is 0 Å². The molecule has 170 valence electrons. The van der Waals surface area contributed by atoms with Crippen molar-refractivity contribution in [2.75, 3.05) is 18.5 Å². The van der Waals surface area contributed by atoms with Crippen LogP contribution in [-0.2, 0) is 22.7 Å². The monoisotopic (exact) mass is 449 g/mol. The van der Waals surface area contributed by atoms with E-state index in [4.69, 9.17) is 4.42 Å². The van der Waals surface area contributed by atoms with E-state index in [2.05, 4.69) is 5.32 Å². The number of hydrogen-bond acceptors (Lipinski definition) is 4. The molecule has 3 aromatic rings. The van der Waals surface area contributed by atoms with Crippen molar-refractivity contribution >= 4 is 23.4 Å². The Balaban J connectivity index is 1.53. The van der Waals surface area contributed by atoms with Crippen LogP contribution in [0.25, 0.3) is 0 Å². The average molecular weight is 449 g/mol. The molecule has 8 heteroatoms. The lowest BCUT2D eigenvalue weighted by Gasteiger charge is -2.25. The number of amides is 3. The molecule has 2 heterocycles. The summed E-state index contributed by atoms with van der Waals surface area (Å²) in [7, 11) is 1.56. The van der Waals surface area contributed by atoms with Gasteiger partial charge in [0.1, 0.15) is 11.6 Å². The van der Waals surface area contributed by atoms with Crippen molar-refractivity contribution in [2.45, 2.75) is 19.5 Å². The molecule has 1 aromatic heterocycles. The highest BCUT2D eigenvalue weighted by molar-refractivity contribution is 6.00. The average Bonchev–Trinajstić information content (AvgIpc) is 3.48. The fourth-order valence-corrected chi connectivity index (χ4v) is 3.96. The molecule has 4 rings (SSSR count). The summed E-state index contributed by atoms with van der Waals surface area (Å²) in [6, 6.07) is 16.5. The largest absolute Gasteiger partial charge is 0.467 e. The minimum atomic E-state index is -0.600. The van der Waals surface area contributed by atoms with Crippen molar-refractivity contribution in [1.82, 2.24) is 10.2 Å². The van der Waals surface area contributed by atoms with Crippen LogP contribution in [0.15, 0.2) is 71.3 Å². The van der Waals surface area contributed by atoms with E-state index in [0.717, 1.165) is 5.56 Å². The van der Waals surface area contributed by atoms with E-state index in [-0.39, 0.29) is 49.5 Å². The van der Waals surface area contributed by atoms with Crippen LogP contribution in [0, 0.1) is 11.7 Å². The number of nitrogens with zero attached hydrogens (tertiary/aromatic N) is 2. The van der Waals surface area contributed by atoms with Crippen molar-refractivity contribution in [3.05, 3.63) is 89.6 Å². The zero-order valence-corrected chi connectivity index (χ0v) is 18.2. The van der Waals surface area contributed by atoms with Crippen LogP contribution in [0.2, 0.25) is 0 Å². The Morgan fingerprint density at radius 1 is 1.09 bits per heavy atom. The third-order valence-corrected chi connectivity index (χ3v) is 5.67. The highest BCUT2D eigenvalue weighted by Gasteiger charge is 2.38. The molecular formula is C25H24FN3O4. The molecule has 1 saturated heterocycles. The fraction of sp³-hybridized carbons (Fsp3) is 0.240. The third kappa shape index (κ3) is 4.95. The third-order valence-electron chi connectivity index (χ3n) is 5.67. The maximum Gasteiger partial charge on any atom is 0.251 e. The Kier molecular flexibility index (Phi) is 6.53. The van der Waals surface area contributed by atoms with E-state index in [1.807, 2.05) is 0 Å². The smallest absolute Gasteiger partial charge is 0.251 e. The molecule has 0 saturated carbocycles. The first-order valence-corrected chi connectivity index (χ1v) is 10.6. The number of benzene rings is 2. The summed E-state index contributed by atoms with van der Waals surface area (Å²) in [5.74, 6) is -1.18. The summed E-state index contributed by atoms with van der Waals surface area (Å²) in [4.78, 5) is 40.8. The van der Waals surface area contributed by atoms with Crippen molar-refractivity contribution in [2.24, 2.45) is 5.92 Å². The molecule has 0 spiro atoms. The van der Waals surface area contributed by atoms with Crippen molar-refractivity contribution in [3.8, 4) is 0 Å². The Morgan fingerprint density at radius 2 is 1.85 bits per heavy atom. The van der Waals surface area contributed by atoms with Crippen LogP contribution in [0.3, 0.4) is 0 Å². The van der Waals surface area contributed by atoms with E-state index in [1.54, 1.807) is 60.5 Å². The van der Waals surface area contributed by atoms with Crippen LogP contribution in [0.1, 0.15) is 28.1 Å². The Labute approximate surface area is 190 Å². The normalized spacial score (nSPS) is 15.5. The van der Waals surface area contributed by atoms with Gasteiger partial charge in [0.25, 0.3) is 5.91 Å². The maximum atomic E-state index is 14.2. The summed E-state index contributed by atoms with van der Waals surface area (Å²) in [6.45, 7) is 0.619. The second-order valence-electron chi connectivity index (χ2n) is 7.91. The predicted octanol–water partition coefficient (Wildman–Crippen LogP) is 3.36. The van der Waals surface area contributed by atoms with Crippen LogP contribution in [-0.4, -0.2) is 36.2 Å². The number of carbonyl (C=O) groups is 3. The van der Waals surface area contributed by atoms with Gasteiger partial charge in [-0.05, 0) is 42.0 Å². The summed E-state index contributed by atoms with van der Waals surface area (Å²) < 4.78 is 19.7. The molecule has 2 aromatic carbocycles. The van der Waals surface area contributed by atoms with E-state index in [1.165, 1.54) is 23.3 Å². The SMILES string of the molecule is CNC(=O)c1ccc(CN(Cc2ccco2)C(=O)C2CC(=O)N(c3ccccc3F)C2)cc1. The highest BCUT2D eigenvalue weighted by atomic mass is 19.1. The zero-order chi connectivity index (χ0) is 23.4. The van der Waals surface area contributed by atoms with Gasteiger partial charge in [-0.1, -0.05) is 24.3 Å². The number of hydrogen-bond donors (Lipinski definition) is 1. The van der Waals surface area contributed by atoms with Gasteiger partial charge in [-0.3, -0.25) is 14.4 Å². The highest BCUT2D eigenvalue weighted by Crippen LogP contribution is 2.29. The number of nitrogens with one attached hydrogen (secondary N) is 1. The first-order valence-electron chi connectivity index (χ1n) is 10.6. The van der Waals surface area contributed by atoms with Gasteiger partial charge < -0.3 is 19.5 Å². The van der Waals surface area contributed by atoms with Gasteiger partial charge in [0.2, 0.25) is 11.8 Å². The second-order valence-corrected chi connectivity index (χ2v) is 7.91. The van der Waals surface area contributed by atoms with Crippen LogP contribution >= 0.6 is 0 Å². The lowest BCUT2D eigenvalue weighted by molar-refractivity contribution is -0.137. The predicted molar refractivity (Wildman–Crippen MR) is 120 cm³/mol. The van der Waals surface area contributed by atoms with Crippen LogP contribution in [0.4, 0.5) is 10.1 Å². The van der Waals surface area contributed by atoms with Crippen LogP contribution in [0.5, 0.6) is 0 Å². The number of rotatable bonds is 7. The minimum absolute atomic E-state index is 0.0113. The van der Waals surface area contributed by atoms with Gasteiger partial charge in [0.15, 0.2) is 0 Å². The quantitative estimate of drug-likeness (QED) is 0.600. The van der Waals surface area contributed by atoms with Crippen molar-refractivity contribution in [3.63, 3.8) is 0 Å². The minimum Gasteiger partial charge on any atom is -0.467 e. The molecule has 3 amide bonds. The van der Waals surface area contributed by atoms with Crippen molar-refractivity contribution < 1.29 is 23.2 Å².